The van der Waals surface area contributed by atoms with Crippen LogP contribution in [0.15, 0.2) is 72.9 Å². The maximum atomic E-state index is 12.8. The lowest BCUT2D eigenvalue weighted by Gasteiger charge is -2.18. The summed E-state index contributed by atoms with van der Waals surface area (Å²) in [6, 6.07) is 0. The van der Waals surface area contributed by atoms with E-state index in [9.17, 15) is 14.4 Å². The highest BCUT2D eigenvalue weighted by atomic mass is 16.6. The van der Waals surface area contributed by atoms with Crippen LogP contribution >= 0.6 is 0 Å². The lowest BCUT2D eigenvalue weighted by Crippen LogP contribution is -2.30. The van der Waals surface area contributed by atoms with E-state index in [0.29, 0.717) is 19.3 Å². The van der Waals surface area contributed by atoms with Crippen molar-refractivity contribution in [2.75, 3.05) is 13.2 Å². The van der Waals surface area contributed by atoms with Crippen molar-refractivity contribution in [2.24, 2.45) is 0 Å². The van der Waals surface area contributed by atoms with Crippen LogP contribution in [0.4, 0.5) is 0 Å². The summed E-state index contributed by atoms with van der Waals surface area (Å²) in [4.78, 5) is 37.8. The number of ether oxygens (including phenoxy) is 3. The fourth-order valence-electron chi connectivity index (χ4n) is 6.87. The Hall–Kier alpha value is -3.15. The summed E-state index contributed by atoms with van der Waals surface area (Å²) >= 11 is 0. The quantitative estimate of drug-likeness (QED) is 0.0263. The molecule has 1 unspecified atom stereocenters. The Bertz CT molecular complexity index is 1160. The van der Waals surface area contributed by atoms with Gasteiger partial charge in [-0.1, -0.05) is 203 Å². The van der Waals surface area contributed by atoms with E-state index in [2.05, 4.69) is 93.7 Å². The molecule has 350 valence electrons. The topological polar surface area (TPSA) is 78.9 Å². The van der Waals surface area contributed by atoms with Gasteiger partial charge in [-0.15, -0.1) is 0 Å². The average Bonchev–Trinajstić information content (AvgIpc) is 3.26. The van der Waals surface area contributed by atoms with Crippen molar-refractivity contribution in [2.45, 2.75) is 245 Å². The van der Waals surface area contributed by atoms with Gasteiger partial charge in [0, 0.05) is 19.3 Å². The minimum atomic E-state index is -0.783. The van der Waals surface area contributed by atoms with E-state index >= 15 is 0 Å². The molecule has 0 radical (unpaired) electrons. The van der Waals surface area contributed by atoms with Gasteiger partial charge >= 0.3 is 17.9 Å². The van der Waals surface area contributed by atoms with Gasteiger partial charge in [0.2, 0.25) is 0 Å². The summed E-state index contributed by atoms with van der Waals surface area (Å²) in [6.45, 7) is 6.44. The molecule has 0 heterocycles. The molecular weight excluding hydrogens is 757 g/mol. The Labute approximate surface area is 376 Å². The van der Waals surface area contributed by atoms with Crippen LogP contribution in [0.1, 0.15) is 239 Å². The third-order valence-electron chi connectivity index (χ3n) is 10.7. The van der Waals surface area contributed by atoms with Crippen molar-refractivity contribution in [3.8, 4) is 0 Å². The van der Waals surface area contributed by atoms with Crippen molar-refractivity contribution < 1.29 is 28.6 Å². The van der Waals surface area contributed by atoms with Crippen LogP contribution in [0.25, 0.3) is 0 Å². The predicted molar refractivity (Wildman–Crippen MR) is 261 cm³/mol. The van der Waals surface area contributed by atoms with Crippen LogP contribution < -0.4 is 0 Å². The van der Waals surface area contributed by atoms with Crippen LogP contribution in [-0.4, -0.2) is 37.2 Å². The Morgan fingerprint density at radius 3 is 1.03 bits per heavy atom. The second-order valence-electron chi connectivity index (χ2n) is 16.7. The third-order valence-corrected chi connectivity index (χ3v) is 10.7. The Morgan fingerprint density at radius 2 is 0.639 bits per heavy atom. The standard InChI is InChI=1S/C55H94O6/c1-4-7-10-13-16-18-20-22-24-26-27-29-30-32-34-36-39-42-45-48-54(57)60-51-52(50-59-53(56)47-44-41-38-15-12-9-6-3)61-55(58)49-46-43-40-37-35-33-31-28-25-23-21-19-17-14-11-8-5-2/h8,11,16-19,22-25,27,29,52H,4-7,9-10,12-15,20-21,26,28,30-51H2,1-3H3/b11-8-,18-16-,19-17-,24-22-,25-23-,29-27-. The van der Waals surface area contributed by atoms with E-state index in [0.717, 1.165) is 103 Å². The molecule has 0 N–H and O–H groups in total. The predicted octanol–water partition coefficient (Wildman–Crippen LogP) is 16.6. The van der Waals surface area contributed by atoms with E-state index < -0.39 is 6.10 Å². The fourth-order valence-corrected chi connectivity index (χ4v) is 6.87. The summed E-state index contributed by atoms with van der Waals surface area (Å²) in [5, 5.41) is 0. The zero-order valence-electron chi connectivity index (χ0n) is 39.9. The molecule has 0 fully saturated rings. The maximum absolute atomic E-state index is 12.8. The van der Waals surface area contributed by atoms with Crippen molar-refractivity contribution in [1.29, 1.82) is 0 Å². The molecule has 0 spiro atoms. The number of carbonyl (C=O) groups is 3. The molecule has 0 saturated heterocycles. The van der Waals surface area contributed by atoms with Gasteiger partial charge in [-0.25, -0.2) is 0 Å². The lowest BCUT2D eigenvalue weighted by molar-refractivity contribution is -0.167. The second kappa shape index (κ2) is 49.5. The van der Waals surface area contributed by atoms with E-state index in [-0.39, 0.29) is 31.1 Å². The molecule has 0 aliphatic carbocycles. The minimum absolute atomic E-state index is 0.0837. The van der Waals surface area contributed by atoms with Crippen molar-refractivity contribution in [3.63, 3.8) is 0 Å². The van der Waals surface area contributed by atoms with E-state index in [1.807, 2.05) is 0 Å². The van der Waals surface area contributed by atoms with Gasteiger partial charge in [0.05, 0.1) is 0 Å². The molecule has 0 bridgehead atoms. The first-order chi connectivity index (χ1) is 30.0. The summed E-state index contributed by atoms with van der Waals surface area (Å²) in [7, 11) is 0. The van der Waals surface area contributed by atoms with Crippen molar-refractivity contribution in [3.05, 3.63) is 72.9 Å². The van der Waals surface area contributed by atoms with E-state index in [1.54, 1.807) is 0 Å². The van der Waals surface area contributed by atoms with Crippen LogP contribution in [0, 0.1) is 0 Å². The van der Waals surface area contributed by atoms with Gasteiger partial charge in [-0.2, -0.15) is 0 Å². The summed E-state index contributed by atoms with van der Waals surface area (Å²) in [5.41, 5.74) is 0. The smallest absolute Gasteiger partial charge is 0.306 e. The number of hydrogen-bond acceptors (Lipinski definition) is 6. The maximum Gasteiger partial charge on any atom is 0.306 e. The largest absolute Gasteiger partial charge is 0.462 e. The summed E-state index contributed by atoms with van der Waals surface area (Å²) in [5.74, 6) is -0.913. The Balaban J connectivity index is 4.30. The molecular formula is C55H94O6. The Kier molecular flexibility index (Phi) is 46.9. The molecule has 6 nitrogen and oxygen atoms in total. The third kappa shape index (κ3) is 47.7. The molecule has 0 saturated carbocycles. The molecule has 0 amide bonds. The fraction of sp³-hybridized carbons (Fsp3) is 0.727. The lowest BCUT2D eigenvalue weighted by atomic mass is 10.1. The molecule has 0 aromatic heterocycles. The number of esters is 3. The highest BCUT2D eigenvalue weighted by molar-refractivity contribution is 5.71. The first-order valence-electron chi connectivity index (χ1n) is 25.4. The molecule has 0 aromatic rings. The van der Waals surface area contributed by atoms with Crippen molar-refractivity contribution in [1.82, 2.24) is 0 Å². The van der Waals surface area contributed by atoms with Gasteiger partial charge in [0.1, 0.15) is 13.2 Å². The number of rotatable bonds is 45. The zero-order chi connectivity index (χ0) is 44.4. The summed E-state index contributed by atoms with van der Waals surface area (Å²) < 4.78 is 16.7. The minimum Gasteiger partial charge on any atom is -0.462 e. The van der Waals surface area contributed by atoms with Gasteiger partial charge in [0.25, 0.3) is 0 Å². The molecule has 61 heavy (non-hydrogen) atoms. The molecule has 0 aliphatic heterocycles. The number of carbonyl (C=O) groups excluding carboxylic acids is 3. The van der Waals surface area contributed by atoms with Crippen molar-refractivity contribution >= 4 is 17.9 Å². The van der Waals surface area contributed by atoms with Crippen LogP contribution in [0.3, 0.4) is 0 Å². The van der Waals surface area contributed by atoms with Crippen LogP contribution in [0.5, 0.6) is 0 Å². The second-order valence-corrected chi connectivity index (χ2v) is 16.7. The van der Waals surface area contributed by atoms with Gasteiger partial charge in [0.15, 0.2) is 6.10 Å². The van der Waals surface area contributed by atoms with Gasteiger partial charge < -0.3 is 14.2 Å². The van der Waals surface area contributed by atoms with Crippen LogP contribution in [-0.2, 0) is 28.6 Å². The Morgan fingerprint density at radius 1 is 0.344 bits per heavy atom. The van der Waals surface area contributed by atoms with Gasteiger partial charge in [-0.05, 0) is 89.9 Å². The molecule has 0 rings (SSSR count). The number of allylic oxidation sites excluding steroid dienone is 12. The zero-order valence-corrected chi connectivity index (χ0v) is 39.9. The summed E-state index contributed by atoms with van der Waals surface area (Å²) in [6.07, 6.45) is 61.8. The first-order valence-corrected chi connectivity index (χ1v) is 25.4. The SMILES string of the molecule is CC/C=C\C/C=C\C/C=C\CCCCCCCCCC(=O)OC(COC(=O)CCCCCCCCC)COC(=O)CCCCCCCC/C=C\C/C=C\C/C=C\CCCCC. The highest BCUT2D eigenvalue weighted by Gasteiger charge is 2.19. The normalized spacial score (nSPS) is 12.6. The molecule has 0 aliphatic rings. The molecule has 0 aromatic carbocycles. The molecule has 6 heteroatoms. The molecule has 1 atom stereocenters. The highest BCUT2D eigenvalue weighted by Crippen LogP contribution is 2.14. The van der Waals surface area contributed by atoms with Crippen LogP contribution in [0.2, 0.25) is 0 Å². The van der Waals surface area contributed by atoms with E-state index in [4.69, 9.17) is 14.2 Å². The van der Waals surface area contributed by atoms with Gasteiger partial charge in [-0.3, -0.25) is 14.4 Å². The first kappa shape index (κ1) is 57.9. The number of hydrogen-bond donors (Lipinski definition) is 0. The van der Waals surface area contributed by atoms with E-state index in [1.165, 1.54) is 96.3 Å². The monoisotopic (exact) mass is 851 g/mol. The number of unbranched alkanes of at least 4 members (excludes halogenated alkanes) is 22. The average molecular weight is 851 g/mol.